The maximum absolute atomic E-state index is 12.5. The highest BCUT2D eigenvalue weighted by Gasteiger charge is 2.22. The van der Waals surface area contributed by atoms with Gasteiger partial charge < -0.3 is 19.4 Å². The number of aromatic nitrogens is 2. The first-order valence-corrected chi connectivity index (χ1v) is 10.6. The number of amides is 1. The van der Waals surface area contributed by atoms with E-state index in [4.69, 9.17) is 16.3 Å². The van der Waals surface area contributed by atoms with Crippen molar-refractivity contribution in [1.29, 1.82) is 0 Å². The van der Waals surface area contributed by atoms with E-state index >= 15 is 0 Å². The van der Waals surface area contributed by atoms with Gasteiger partial charge in [-0.1, -0.05) is 23.7 Å². The first-order chi connectivity index (χ1) is 14.6. The van der Waals surface area contributed by atoms with Gasteiger partial charge in [-0.25, -0.2) is 9.97 Å². The number of ether oxygens (including phenoxy) is 1. The Morgan fingerprint density at radius 1 is 0.967 bits per heavy atom. The lowest BCUT2D eigenvalue weighted by molar-refractivity contribution is -0.126. The molecule has 2 saturated heterocycles. The molecule has 7 nitrogen and oxygen atoms in total. The number of rotatable bonds is 4. The van der Waals surface area contributed by atoms with Gasteiger partial charge in [0.15, 0.2) is 0 Å². The molecule has 2 aliphatic rings. The molecule has 158 valence electrons. The van der Waals surface area contributed by atoms with Crippen LogP contribution in [0.1, 0.15) is 11.4 Å². The topological polar surface area (TPSA) is 61.8 Å². The molecule has 2 aromatic rings. The van der Waals surface area contributed by atoms with Gasteiger partial charge in [0.2, 0.25) is 5.91 Å². The van der Waals surface area contributed by atoms with Crippen molar-refractivity contribution in [3.05, 3.63) is 52.8 Å². The van der Waals surface area contributed by atoms with Gasteiger partial charge in [-0.3, -0.25) is 4.79 Å². The summed E-state index contributed by atoms with van der Waals surface area (Å²) in [6, 6.07) is 9.48. The highest BCUT2D eigenvalue weighted by molar-refractivity contribution is 6.30. The van der Waals surface area contributed by atoms with E-state index in [1.165, 1.54) is 0 Å². The van der Waals surface area contributed by atoms with E-state index in [0.29, 0.717) is 18.1 Å². The molecule has 0 unspecified atom stereocenters. The third-order valence-electron chi connectivity index (χ3n) is 5.35. The summed E-state index contributed by atoms with van der Waals surface area (Å²) < 4.78 is 5.44. The Bertz CT molecular complexity index is 904. The number of nitrogens with zero attached hydrogens (tertiary/aromatic N) is 5. The number of carbonyl (C=O) groups is 1. The van der Waals surface area contributed by atoms with Crippen molar-refractivity contribution in [2.75, 3.05) is 62.3 Å². The van der Waals surface area contributed by atoms with Crippen LogP contribution in [0, 0.1) is 6.92 Å². The Morgan fingerprint density at radius 3 is 2.20 bits per heavy atom. The molecule has 8 heteroatoms. The zero-order valence-electron chi connectivity index (χ0n) is 17.1. The number of piperazine rings is 1. The zero-order valence-corrected chi connectivity index (χ0v) is 17.9. The second-order valence-electron chi connectivity index (χ2n) is 7.43. The molecule has 1 amide bonds. The second kappa shape index (κ2) is 9.45. The average Bonchev–Trinajstić information content (AvgIpc) is 2.79. The lowest BCUT2D eigenvalue weighted by Gasteiger charge is -2.35. The molecular formula is C22H26ClN5O2. The minimum absolute atomic E-state index is 0.0254. The summed E-state index contributed by atoms with van der Waals surface area (Å²) in [6.45, 7) is 7.90. The standard InChI is InChI=1S/C22H26ClN5O2/c1-17-24-20(16-21(25-17)27-12-14-30-15-13-27)26-8-10-28(11-9-26)22(29)7-4-18-2-5-19(23)6-3-18/h2-7,16H,8-15H2,1H3/b7-4+. The Morgan fingerprint density at radius 2 is 1.57 bits per heavy atom. The van der Waals surface area contributed by atoms with Crippen LogP contribution in [0.15, 0.2) is 36.4 Å². The summed E-state index contributed by atoms with van der Waals surface area (Å²) in [5, 5.41) is 0.686. The Labute approximate surface area is 181 Å². The largest absolute Gasteiger partial charge is 0.378 e. The van der Waals surface area contributed by atoms with Gasteiger partial charge in [-0.15, -0.1) is 0 Å². The number of halogens is 1. The smallest absolute Gasteiger partial charge is 0.246 e. The number of carbonyl (C=O) groups excluding carboxylic acids is 1. The van der Waals surface area contributed by atoms with Crippen LogP contribution < -0.4 is 9.80 Å². The number of benzene rings is 1. The molecule has 0 atom stereocenters. The lowest BCUT2D eigenvalue weighted by atomic mass is 10.2. The summed E-state index contributed by atoms with van der Waals surface area (Å²) in [5.74, 6) is 2.66. The summed E-state index contributed by atoms with van der Waals surface area (Å²) in [7, 11) is 0. The molecule has 2 aliphatic heterocycles. The molecule has 0 aliphatic carbocycles. The van der Waals surface area contributed by atoms with E-state index in [2.05, 4.69) is 25.8 Å². The van der Waals surface area contributed by atoms with E-state index in [9.17, 15) is 4.79 Å². The van der Waals surface area contributed by atoms with Crippen LogP contribution in [0.4, 0.5) is 11.6 Å². The molecule has 0 saturated carbocycles. The molecule has 1 aromatic heterocycles. The van der Waals surface area contributed by atoms with Gasteiger partial charge >= 0.3 is 0 Å². The van der Waals surface area contributed by atoms with Crippen molar-refractivity contribution in [2.24, 2.45) is 0 Å². The number of aryl methyl sites for hydroxylation is 1. The fraction of sp³-hybridized carbons (Fsp3) is 0.409. The third-order valence-corrected chi connectivity index (χ3v) is 5.60. The van der Waals surface area contributed by atoms with Gasteiger partial charge in [-0.2, -0.15) is 0 Å². The van der Waals surface area contributed by atoms with Gasteiger partial charge in [-0.05, 0) is 30.7 Å². The van der Waals surface area contributed by atoms with Crippen molar-refractivity contribution < 1.29 is 9.53 Å². The predicted octanol–water partition coefficient (Wildman–Crippen LogP) is 2.64. The van der Waals surface area contributed by atoms with Crippen molar-refractivity contribution in [2.45, 2.75) is 6.92 Å². The van der Waals surface area contributed by atoms with Crippen molar-refractivity contribution in [3.8, 4) is 0 Å². The normalized spacial score (nSPS) is 17.6. The zero-order chi connectivity index (χ0) is 20.9. The SMILES string of the molecule is Cc1nc(N2CCOCC2)cc(N2CCN(C(=O)/C=C/c3ccc(Cl)cc3)CC2)n1. The molecule has 1 aromatic carbocycles. The fourth-order valence-electron chi connectivity index (χ4n) is 3.66. The predicted molar refractivity (Wildman–Crippen MR) is 119 cm³/mol. The van der Waals surface area contributed by atoms with E-state index in [-0.39, 0.29) is 5.91 Å². The minimum Gasteiger partial charge on any atom is -0.378 e. The molecule has 4 rings (SSSR count). The first kappa shape index (κ1) is 20.6. The average molecular weight is 428 g/mol. The van der Waals surface area contributed by atoms with E-state index in [1.807, 2.05) is 42.2 Å². The molecule has 2 fully saturated rings. The van der Waals surface area contributed by atoms with Crippen LogP contribution in [0.2, 0.25) is 5.02 Å². The highest BCUT2D eigenvalue weighted by atomic mass is 35.5. The fourth-order valence-corrected chi connectivity index (χ4v) is 3.78. The van der Waals surface area contributed by atoms with Crippen LogP contribution in [0.25, 0.3) is 6.08 Å². The van der Waals surface area contributed by atoms with Crippen LogP contribution >= 0.6 is 11.6 Å². The maximum Gasteiger partial charge on any atom is 0.246 e. The van der Waals surface area contributed by atoms with Gasteiger partial charge in [0.25, 0.3) is 0 Å². The maximum atomic E-state index is 12.5. The molecule has 0 radical (unpaired) electrons. The van der Waals surface area contributed by atoms with Crippen LogP contribution in [0.5, 0.6) is 0 Å². The van der Waals surface area contributed by atoms with Crippen molar-refractivity contribution >= 4 is 35.2 Å². The van der Waals surface area contributed by atoms with E-state index in [1.54, 1.807) is 6.08 Å². The van der Waals surface area contributed by atoms with Crippen LogP contribution in [0.3, 0.4) is 0 Å². The van der Waals surface area contributed by atoms with Crippen LogP contribution in [-0.4, -0.2) is 73.3 Å². The van der Waals surface area contributed by atoms with Crippen molar-refractivity contribution in [3.63, 3.8) is 0 Å². The molecule has 30 heavy (non-hydrogen) atoms. The summed E-state index contributed by atoms with van der Waals surface area (Å²) in [5.41, 5.74) is 0.957. The van der Waals surface area contributed by atoms with Gasteiger partial charge in [0, 0.05) is 56.4 Å². The summed E-state index contributed by atoms with van der Waals surface area (Å²) >= 11 is 5.90. The summed E-state index contributed by atoms with van der Waals surface area (Å²) in [4.78, 5) is 28.1. The molecule has 0 N–H and O–H groups in total. The molecule has 0 bridgehead atoms. The quantitative estimate of drug-likeness (QED) is 0.699. The molecule has 0 spiro atoms. The monoisotopic (exact) mass is 427 g/mol. The first-order valence-electron chi connectivity index (χ1n) is 10.2. The highest BCUT2D eigenvalue weighted by Crippen LogP contribution is 2.21. The Balaban J connectivity index is 1.36. The number of anilines is 2. The van der Waals surface area contributed by atoms with Crippen LogP contribution in [-0.2, 0) is 9.53 Å². The Hall–Kier alpha value is -2.64. The van der Waals surface area contributed by atoms with Crippen molar-refractivity contribution in [1.82, 2.24) is 14.9 Å². The second-order valence-corrected chi connectivity index (χ2v) is 7.86. The molecule has 3 heterocycles. The Kier molecular flexibility index (Phi) is 6.50. The minimum atomic E-state index is 0.0254. The number of morpholine rings is 1. The van der Waals surface area contributed by atoms with E-state index < -0.39 is 0 Å². The lowest BCUT2D eigenvalue weighted by Crippen LogP contribution is -2.48. The van der Waals surface area contributed by atoms with Gasteiger partial charge in [0.1, 0.15) is 17.5 Å². The van der Waals surface area contributed by atoms with E-state index in [0.717, 1.165) is 62.4 Å². The molecular weight excluding hydrogens is 402 g/mol. The number of hydrogen-bond donors (Lipinski definition) is 0. The number of hydrogen-bond acceptors (Lipinski definition) is 6. The van der Waals surface area contributed by atoms with Gasteiger partial charge in [0.05, 0.1) is 13.2 Å². The summed E-state index contributed by atoms with van der Waals surface area (Å²) in [6.07, 6.45) is 3.46. The third kappa shape index (κ3) is 5.09.